The van der Waals surface area contributed by atoms with Crippen molar-refractivity contribution < 1.29 is 17.9 Å². The first kappa shape index (κ1) is 15.4. The summed E-state index contributed by atoms with van der Waals surface area (Å²) in [5.41, 5.74) is 0. The average Bonchev–Trinajstić information content (AvgIpc) is 2.61. The molecule has 1 heterocycles. The van der Waals surface area contributed by atoms with Gasteiger partial charge in [-0.1, -0.05) is 0 Å². The fraction of sp³-hybridized carbons (Fsp3) is 0.667. The molecule has 9 nitrogen and oxygen atoms in total. The van der Waals surface area contributed by atoms with Gasteiger partial charge in [0.15, 0.2) is 5.82 Å². The zero-order valence-corrected chi connectivity index (χ0v) is 12.0. The topological polar surface area (TPSA) is 117 Å². The molecule has 0 fully saturated rings. The number of carbonyl (C=O) groups is 1. The second-order valence-electron chi connectivity index (χ2n) is 4.15. The molecule has 0 atom stereocenters. The van der Waals surface area contributed by atoms with Gasteiger partial charge in [0.2, 0.25) is 0 Å². The number of aromatic nitrogens is 3. The number of carbonyl (C=O) groups excluding carboxylic acids is 1. The van der Waals surface area contributed by atoms with E-state index < -0.39 is 22.4 Å². The van der Waals surface area contributed by atoms with Crippen molar-refractivity contribution in [2.24, 2.45) is 0 Å². The van der Waals surface area contributed by atoms with Gasteiger partial charge in [0, 0.05) is 7.05 Å². The summed E-state index contributed by atoms with van der Waals surface area (Å²) in [7, 11) is -2.68. The summed E-state index contributed by atoms with van der Waals surface area (Å²) >= 11 is 0. The van der Waals surface area contributed by atoms with Crippen LogP contribution in [0.15, 0.2) is 0 Å². The smallest absolute Gasteiger partial charge is 0.422 e. The van der Waals surface area contributed by atoms with Gasteiger partial charge in [-0.2, -0.15) is 17.8 Å². The zero-order chi connectivity index (χ0) is 14.6. The number of H-pyrrole nitrogens is 1. The Morgan fingerprint density at radius 1 is 1.53 bits per heavy atom. The standard InChI is InChI=1S/C9H17N5O4S/c1-6(2)18-9(15)13-19(16,17)14(4)5-8-10-7(3)11-12-8/h6H,5H2,1-4H3,(H,13,15)(H,10,11,12). The lowest BCUT2D eigenvalue weighted by Crippen LogP contribution is -2.42. The van der Waals surface area contributed by atoms with Crippen LogP contribution < -0.4 is 4.72 Å². The van der Waals surface area contributed by atoms with E-state index in [2.05, 4.69) is 15.2 Å². The molecule has 1 aromatic rings. The molecule has 0 unspecified atom stereocenters. The number of aromatic amines is 1. The number of aryl methyl sites for hydroxylation is 1. The van der Waals surface area contributed by atoms with E-state index in [0.717, 1.165) is 4.31 Å². The molecule has 0 aliphatic heterocycles. The zero-order valence-electron chi connectivity index (χ0n) is 11.2. The van der Waals surface area contributed by atoms with E-state index in [-0.39, 0.29) is 6.54 Å². The number of hydrogen-bond acceptors (Lipinski definition) is 6. The van der Waals surface area contributed by atoms with Gasteiger partial charge in [-0.05, 0) is 20.8 Å². The highest BCUT2D eigenvalue weighted by atomic mass is 32.2. The molecule has 1 amide bonds. The van der Waals surface area contributed by atoms with Crippen LogP contribution in [0.2, 0.25) is 0 Å². The number of nitrogens with zero attached hydrogens (tertiary/aromatic N) is 3. The van der Waals surface area contributed by atoms with Gasteiger partial charge in [-0.15, -0.1) is 0 Å². The molecule has 10 heteroatoms. The van der Waals surface area contributed by atoms with Crippen LogP contribution >= 0.6 is 0 Å². The van der Waals surface area contributed by atoms with Crippen molar-refractivity contribution in [2.75, 3.05) is 7.05 Å². The first-order chi connectivity index (χ1) is 8.70. The predicted molar refractivity (Wildman–Crippen MR) is 66.3 cm³/mol. The minimum absolute atomic E-state index is 0.0609. The van der Waals surface area contributed by atoms with Crippen molar-refractivity contribution >= 4 is 16.3 Å². The second kappa shape index (κ2) is 5.97. The Labute approximate surface area is 111 Å². The third-order valence-electron chi connectivity index (χ3n) is 1.97. The highest BCUT2D eigenvalue weighted by Crippen LogP contribution is 2.02. The van der Waals surface area contributed by atoms with Gasteiger partial charge in [0.1, 0.15) is 5.82 Å². The molecular formula is C9H17N5O4S. The molecule has 0 bridgehead atoms. The molecule has 0 saturated heterocycles. The Bertz CT molecular complexity index is 539. The van der Waals surface area contributed by atoms with Crippen molar-refractivity contribution in [1.29, 1.82) is 0 Å². The van der Waals surface area contributed by atoms with Crippen LogP contribution in [-0.2, 0) is 21.5 Å². The summed E-state index contributed by atoms with van der Waals surface area (Å²) in [5, 5.41) is 6.41. The quantitative estimate of drug-likeness (QED) is 0.783. The van der Waals surface area contributed by atoms with Crippen LogP contribution in [0.4, 0.5) is 4.79 Å². The molecule has 19 heavy (non-hydrogen) atoms. The van der Waals surface area contributed by atoms with Crippen molar-refractivity contribution in [3.63, 3.8) is 0 Å². The molecule has 0 aliphatic carbocycles. The third-order valence-corrected chi connectivity index (χ3v) is 3.35. The third kappa shape index (κ3) is 4.83. The maximum absolute atomic E-state index is 11.8. The highest BCUT2D eigenvalue weighted by molar-refractivity contribution is 7.87. The fourth-order valence-corrected chi connectivity index (χ4v) is 1.87. The molecule has 0 radical (unpaired) electrons. The lowest BCUT2D eigenvalue weighted by molar-refractivity contribution is 0.121. The monoisotopic (exact) mass is 291 g/mol. The van der Waals surface area contributed by atoms with Crippen molar-refractivity contribution in [2.45, 2.75) is 33.4 Å². The first-order valence-corrected chi connectivity index (χ1v) is 6.97. The molecule has 1 rings (SSSR count). The summed E-state index contributed by atoms with van der Waals surface area (Å²) in [6.45, 7) is 4.87. The molecule has 0 aromatic carbocycles. The summed E-state index contributed by atoms with van der Waals surface area (Å²) in [4.78, 5) is 15.2. The van der Waals surface area contributed by atoms with Gasteiger partial charge in [-0.25, -0.2) is 14.5 Å². The van der Waals surface area contributed by atoms with Crippen molar-refractivity contribution in [3.05, 3.63) is 11.6 Å². The van der Waals surface area contributed by atoms with Crippen LogP contribution in [0.1, 0.15) is 25.5 Å². The lowest BCUT2D eigenvalue weighted by Gasteiger charge is -2.16. The molecule has 0 saturated carbocycles. The van der Waals surface area contributed by atoms with Gasteiger partial charge >= 0.3 is 16.3 Å². The van der Waals surface area contributed by atoms with Gasteiger partial charge in [0.05, 0.1) is 12.6 Å². The molecule has 0 spiro atoms. The normalized spacial score (nSPS) is 11.9. The van der Waals surface area contributed by atoms with E-state index in [0.29, 0.717) is 11.6 Å². The molecular weight excluding hydrogens is 274 g/mol. The van der Waals surface area contributed by atoms with Crippen LogP contribution in [0.5, 0.6) is 0 Å². The summed E-state index contributed by atoms with van der Waals surface area (Å²) in [6.07, 6.45) is -1.43. The summed E-state index contributed by atoms with van der Waals surface area (Å²) in [6, 6.07) is 0. The molecule has 0 aliphatic rings. The SMILES string of the molecule is Cc1nc(CN(C)S(=O)(=O)NC(=O)OC(C)C)n[nH]1. The Morgan fingerprint density at radius 3 is 2.63 bits per heavy atom. The molecule has 108 valence electrons. The lowest BCUT2D eigenvalue weighted by atomic mass is 10.5. The minimum atomic E-state index is -3.98. The Hall–Kier alpha value is -1.68. The van der Waals surface area contributed by atoms with E-state index in [1.54, 1.807) is 25.5 Å². The fourth-order valence-electron chi connectivity index (χ4n) is 1.17. The molecule has 2 N–H and O–H groups in total. The van der Waals surface area contributed by atoms with Crippen LogP contribution in [0, 0.1) is 6.92 Å². The largest absolute Gasteiger partial charge is 0.446 e. The van der Waals surface area contributed by atoms with Crippen LogP contribution in [-0.4, -0.2) is 47.1 Å². The number of rotatable bonds is 5. The number of amides is 1. The Kier molecular flexibility index (Phi) is 4.84. The summed E-state index contributed by atoms with van der Waals surface area (Å²) < 4.78 is 31.0. The summed E-state index contributed by atoms with van der Waals surface area (Å²) in [5.74, 6) is 0.885. The van der Waals surface area contributed by atoms with E-state index in [1.165, 1.54) is 7.05 Å². The number of nitrogens with one attached hydrogen (secondary N) is 2. The van der Waals surface area contributed by atoms with Crippen LogP contribution in [0.25, 0.3) is 0 Å². The maximum atomic E-state index is 11.8. The Morgan fingerprint density at radius 2 is 2.16 bits per heavy atom. The van der Waals surface area contributed by atoms with Gasteiger partial charge < -0.3 is 4.74 Å². The second-order valence-corrected chi connectivity index (χ2v) is 5.93. The average molecular weight is 291 g/mol. The number of hydrogen-bond donors (Lipinski definition) is 2. The van der Waals surface area contributed by atoms with E-state index >= 15 is 0 Å². The van der Waals surface area contributed by atoms with Gasteiger partial charge in [-0.3, -0.25) is 5.10 Å². The van der Waals surface area contributed by atoms with E-state index in [9.17, 15) is 13.2 Å². The molecule has 1 aromatic heterocycles. The predicted octanol–water partition coefficient (Wildman–Crippen LogP) is -0.0757. The van der Waals surface area contributed by atoms with Crippen molar-refractivity contribution in [3.8, 4) is 0 Å². The first-order valence-electron chi connectivity index (χ1n) is 5.53. The Balaban J connectivity index is 2.64. The van der Waals surface area contributed by atoms with Crippen LogP contribution in [0.3, 0.4) is 0 Å². The minimum Gasteiger partial charge on any atom is -0.446 e. The highest BCUT2D eigenvalue weighted by Gasteiger charge is 2.23. The maximum Gasteiger partial charge on any atom is 0.422 e. The number of ether oxygens (including phenoxy) is 1. The van der Waals surface area contributed by atoms with Crippen molar-refractivity contribution in [1.82, 2.24) is 24.2 Å². The van der Waals surface area contributed by atoms with E-state index in [1.807, 2.05) is 0 Å². The van der Waals surface area contributed by atoms with E-state index in [4.69, 9.17) is 4.74 Å². The van der Waals surface area contributed by atoms with Gasteiger partial charge in [0.25, 0.3) is 0 Å².